The number of likely N-dealkylation sites (N-methyl/N-ethyl adjacent to an activating group) is 1. The minimum atomic E-state index is -0.288. The maximum atomic E-state index is 11.6. The zero-order chi connectivity index (χ0) is 13.2. The van der Waals surface area contributed by atoms with Crippen molar-refractivity contribution >= 4 is 5.91 Å². The van der Waals surface area contributed by atoms with Crippen LogP contribution in [-0.4, -0.2) is 24.5 Å². The van der Waals surface area contributed by atoms with Gasteiger partial charge >= 0.3 is 0 Å². The summed E-state index contributed by atoms with van der Waals surface area (Å²) in [5.74, 6) is 0.0212. The molecule has 0 saturated carbocycles. The van der Waals surface area contributed by atoms with Gasteiger partial charge in [-0.2, -0.15) is 0 Å². The van der Waals surface area contributed by atoms with Gasteiger partial charge in [-0.1, -0.05) is 54.6 Å². The highest BCUT2D eigenvalue weighted by Gasteiger charge is 2.31. The second-order valence-corrected chi connectivity index (χ2v) is 4.62. The molecule has 1 heterocycles. The van der Waals surface area contributed by atoms with E-state index < -0.39 is 0 Å². The quantitative estimate of drug-likeness (QED) is 0.823. The highest BCUT2D eigenvalue weighted by molar-refractivity contribution is 5.80. The zero-order valence-corrected chi connectivity index (χ0v) is 10.7. The number of hydrogen-bond donors (Lipinski definition) is 0. The molecule has 0 N–H and O–H groups in total. The van der Waals surface area contributed by atoms with E-state index in [1.165, 1.54) is 0 Å². The summed E-state index contributed by atoms with van der Waals surface area (Å²) in [6, 6.07) is 18.2. The van der Waals surface area contributed by atoms with Gasteiger partial charge in [0.25, 0.3) is 5.91 Å². The van der Waals surface area contributed by atoms with Crippen LogP contribution in [0.2, 0.25) is 0 Å². The molecule has 3 rings (SSSR count). The van der Waals surface area contributed by atoms with E-state index in [-0.39, 0.29) is 18.7 Å². The molecular formula is C16H15NO2. The third-order valence-electron chi connectivity index (χ3n) is 3.42. The highest BCUT2D eigenvalue weighted by atomic mass is 16.5. The molecule has 0 aromatic heterocycles. The van der Waals surface area contributed by atoms with Gasteiger partial charge in [-0.05, 0) is 11.1 Å². The van der Waals surface area contributed by atoms with Crippen LogP contribution in [0.15, 0.2) is 54.6 Å². The number of benzene rings is 2. The molecule has 96 valence electrons. The molecule has 1 aliphatic heterocycles. The maximum absolute atomic E-state index is 11.6. The molecule has 0 bridgehead atoms. The molecule has 2 aromatic rings. The molecular weight excluding hydrogens is 238 g/mol. The molecule has 2 aromatic carbocycles. The predicted molar refractivity (Wildman–Crippen MR) is 73.3 cm³/mol. The topological polar surface area (TPSA) is 29.5 Å². The van der Waals surface area contributed by atoms with Gasteiger partial charge in [-0.3, -0.25) is 4.79 Å². The Morgan fingerprint density at radius 1 is 1.05 bits per heavy atom. The van der Waals surface area contributed by atoms with Gasteiger partial charge in [0.15, 0.2) is 6.23 Å². The van der Waals surface area contributed by atoms with Crippen molar-refractivity contribution in [2.75, 3.05) is 13.7 Å². The summed E-state index contributed by atoms with van der Waals surface area (Å²) < 4.78 is 5.60. The minimum Gasteiger partial charge on any atom is -0.344 e. The number of rotatable bonds is 2. The Bertz CT molecular complexity index is 595. The van der Waals surface area contributed by atoms with Gasteiger partial charge in [0.1, 0.15) is 6.61 Å². The van der Waals surface area contributed by atoms with Crippen LogP contribution < -0.4 is 0 Å². The normalized spacial score (nSPS) is 18.9. The van der Waals surface area contributed by atoms with Gasteiger partial charge in [0, 0.05) is 12.6 Å². The van der Waals surface area contributed by atoms with E-state index in [0.717, 1.165) is 16.7 Å². The second kappa shape index (κ2) is 4.86. The predicted octanol–water partition coefficient (Wildman–Crippen LogP) is 2.84. The van der Waals surface area contributed by atoms with E-state index >= 15 is 0 Å². The molecule has 1 amide bonds. The molecule has 1 aliphatic rings. The fraction of sp³-hybridized carbons (Fsp3) is 0.188. The molecule has 1 atom stereocenters. The van der Waals surface area contributed by atoms with Crippen LogP contribution in [0.3, 0.4) is 0 Å². The van der Waals surface area contributed by atoms with Crippen LogP contribution in [0.4, 0.5) is 0 Å². The van der Waals surface area contributed by atoms with E-state index in [9.17, 15) is 4.79 Å². The molecule has 1 fully saturated rings. The lowest BCUT2D eigenvalue weighted by Gasteiger charge is -2.21. The first kappa shape index (κ1) is 11.9. The lowest BCUT2D eigenvalue weighted by molar-refractivity contribution is -0.126. The largest absolute Gasteiger partial charge is 0.344 e. The number of carbonyl (C=O) groups is 1. The summed E-state index contributed by atoms with van der Waals surface area (Å²) in [5.41, 5.74) is 3.27. The molecule has 0 spiro atoms. The number of amides is 1. The van der Waals surface area contributed by atoms with Crippen LogP contribution in [-0.2, 0) is 9.53 Å². The Labute approximate surface area is 112 Å². The first-order valence-electron chi connectivity index (χ1n) is 6.29. The second-order valence-electron chi connectivity index (χ2n) is 4.62. The average molecular weight is 253 g/mol. The lowest BCUT2D eigenvalue weighted by Crippen LogP contribution is -2.23. The van der Waals surface area contributed by atoms with E-state index in [0.29, 0.717) is 0 Å². The first-order valence-corrected chi connectivity index (χ1v) is 6.29. The smallest absolute Gasteiger partial charge is 0.250 e. The molecule has 3 heteroatoms. The molecule has 0 aliphatic carbocycles. The summed E-state index contributed by atoms with van der Waals surface area (Å²) in [4.78, 5) is 13.3. The molecule has 0 radical (unpaired) electrons. The van der Waals surface area contributed by atoms with Crippen molar-refractivity contribution < 1.29 is 9.53 Å². The maximum Gasteiger partial charge on any atom is 0.250 e. The Morgan fingerprint density at radius 2 is 1.74 bits per heavy atom. The fourth-order valence-electron chi connectivity index (χ4n) is 2.39. The van der Waals surface area contributed by atoms with Crippen molar-refractivity contribution in [3.05, 3.63) is 60.2 Å². The van der Waals surface area contributed by atoms with Gasteiger partial charge in [-0.25, -0.2) is 0 Å². The number of carbonyl (C=O) groups excluding carboxylic acids is 1. The molecule has 1 unspecified atom stereocenters. The SMILES string of the molecule is CN1C(=O)COC1c1ccccc1-c1ccccc1. The highest BCUT2D eigenvalue weighted by Crippen LogP contribution is 2.33. The van der Waals surface area contributed by atoms with Crippen molar-refractivity contribution in [2.24, 2.45) is 0 Å². The van der Waals surface area contributed by atoms with Crippen molar-refractivity contribution in [3.63, 3.8) is 0 Å². The van der Waals surface area contributed by atoms with Gasteiger partial charge < -0.3 is 9.64 Å². The van der Waals surface area contributed by atoms with Crippen molar-refractivity contribution in [3.8, 4) is 11.1 Å². The summed E-state index contributed by atoms with van der Waals surface area (Å²) in [7, 11) is 1.78. The van der Waals surface area contributed by atoms with Crippen LogP contribution in [0, 0.1) is 0 Å². The zero-order valence-electron chi connectivity index (χ0n) is 10.7. The van der Waals surface area contributed by atoms with Crippen LogP contribution in [0.5, 0.6) is 0 Å². The van der Waals surface area contributed by atoms with Gasteiger partial charge in [0.05, 0.1) is 0 Å². The lowest BCUT2D eigenvalue weighted by atomic mass is 9.98. The number of hydrogen-bond acceptors (Lipinski definition) is 2. The fourth-order valence-corrected chi connectivity index (χ4v) is 2.39. The monoisotopic (exact) mass is 253 g/mol. The Kier molecular flexibility index (Phi) is 3.05. The number of ether oxygens (including phenoxy) is 1. The Balaban J connectivity index is 2.06. The van der Waals surface area contributed by atoms with Gasteiger partial charge in [0.2, 0.25) is 0 Å². The summed E-state index contributed by atoms with van der Waals surface area (Å²) in [6.07, 6.45) is -0.288. The molecule has 19 heavy (non-hydrogen) atoms. The Morgan fingerprint density at radius 3 is 2.42 bits per heavy atom. The third-order valence-corrected chi connectivity index (χ3v) is 3.42. The Hall–Kier alpha value is -2.13. The minimum absolute atomic E-state index is 0.0212. The van der Waals surface area contributed by atoms with Crippen molar-refractivity contribution in [1.82, 2.24) is 4.90 Å². The van der Waals surface area contributed by atoms with E-state index in [1.807, 2.05) is 36.4 Å². The van der Waals surface area contributed by atoms with E-state index in [1.54, 1.807) is 11.9 Å². The van der Waals surface area contributed by atoms with E-state index in [4.69, 9.17) is 4.74 Å². The summed E-state index contributed by atoms with van der Waals surface area (Å²) in [6.45, 7) is 0.157. The average Bonchev–Trinajstić information content (AvgIpc) is 2.80. The van der Waals surface area contributed by atoms with Crippen LogP contribution in [0.25, 0.3) is 11.1 Å². The summed E-state index contributed by atoms with van der Waals surface area (Å²) in [5, 5.41) is 0. The van der Waals surface area contributed by atoms with Gasteiger partial charge in [-0.15, -0.1) is 0 Å². The van der Waals surface area contributed by atoms with Crippen LogP contribution in [0.1, 0.15) is 11.8 Å². The standard InChI is InChI=1S/C16H15NO2/c1-17-15(18)11-19-16(17)14-10-6-5-9-13(14)12-7-3-2-4-8-12/h2-10,16H,11H2,1H3. The molecule has 3 nitrogen and oxygen atoms in total. The first-order chi connectivity index (χ1) is 9.27. The van der Waals surface area contributed by atoms with Crippen molar-refractivity contribution in [2.45, 2.75) is 6.23 Å². The molecule has 1 saturated heterocycles. The van der Waals surface area contributed by atoms with E-state index in [2.05, 4.69) is 18.2 Å². The van der Waals surface area contributed by atoms with Crippen molar-refractivity contribution in [1.29, 1.82) is 0 Å². The third kappa shape index (κ3) is 2.13. The number of nitrogens with zero attached hydrogens (tertiary/aromatic N) is 1. The van der Waals surface area contributed by atoms with Crippen LogP contribution >= 0.6 is 0 Å². The summed E-state index contributed by atoms with van der Waals surface area (Å²) >= 11 is 0.